The van der Waals surface area contributed by atoms with Gasteiger partial charge in [0.2, 0.25) is 0 Å². The summed E-state index contributed by atoms with van der Waals surface area (Å²) in [5.41, 5.74) is 3.03. The lowest BCUT2D eigenvalue weighted by Gasteiger charge is -2.40. The molecule has 0 bridgehead atoms. The molecule has 0 fully saturated rings. The molecular weight excluding hydrogens is 436 g/mol. The van der Waals surface area contributed by atoms with Crippen molar-refractivity contribution in [3.05, 3.63) is 76.9 Å². The number of hydrogen-bond donors (Lipinski definition) is 3. The van der Waals surface area contributed by atoms with Gasteiger partial charge in [0.05, 0.1) is 39.6 Å². The van der Waals surface area contributed by atoms with Crippen LogP contribution in [0.25, 0.3) is 0 Å². The molecule has 0 radical (unpaired) electrons. The van der Waals surface area contributed by atoms with E-state index in [4.69, 9.17) is 18.9 Å². The first kappa shape index (κ1) is 22.4. The van der Waals surface area contributed by atoms with Crippen molar-refractivity contribution < 1.29 is 34.3 Å². The van der Waals surface area contributed by atoms with Crippen molar-refractivity contribution in [1.82, 2.24) is 0 Å². The van der Waals surface area contributed by atoms with Crippen molar-refractivity contribution in [2.45, 2.75) is 18.6 Å². The van der Waals surface area contributed by atoms with Crippen LogP contribution in [0.1, 0.15) is 34.5 Å². The lowest BCUT2D eigenvalue weighted by molar-refractivity contribution is -0.0554. The molecule has 7 heteroatoms. The second kappa shape index (κ2) is 9.08. The molecule has 4 atom stereocenters. The Labute approximate surface area is 198 Å². The van der Waals surface area contributed by atoms with E-state index in [2.05, 4.69) is 0 Å². The summed E-state index contributed by atoms with van der Waals surface area (Å²) in [5, 5.41) is 32.5. The van der Waals surface area contributed by atoms with E-state index >= 15 is 0 Å². The minimum atomic E-state index is -0.878. The van der Waals surface area contributed by atoms with Crippen LogP contribution in [-0.2, 0) is 6.42 Å². The first-order valence-electron chi connectivity index (χ1n) is 11.3. The van der Waals surface area contributed by atoms with Gasteiger partial charge in [-0.25, -0.2) is 0 Å². The summed E-state index contributed by atoms with van der Waals surface area (Å²) in [5.74, 6) is 1.90. The van der Waals surface area contributed by atoms with Crippen molar-refractivity contribution in [3.8, 4) is 28.7 Å². The molecule has 2 heterocycles. The summed E-state index contributed by atoms with van der Waals surface area (Å²) in [6.45, 7) is 0.499. The third-order valence-corrected chi connectivity index (χ3v) is 6.78. The topological polar surface area (TPSA) is 97.6 Å². The fourth-order valence-electron chi connectivity index (χ4n) is 4.96. The van der Waals surface area contributed by atoms with Crippen LogP contribution in [-0.4, -0.2) is 42.8 Å². The molecule has 34 heavy (non-hydrogen) atoms. The number of fused-ring (bicyclic) bond motifs is 2. The van der Waals surface area contributed by atoms with Crippen LogP contribution in [0.2, 0.25) is 0 Å². The van der Waals surface area contributed by atoms with Gasteiger partial charge in [-0.2, -0.15) is 0 Å². The van der Waals surface area contributed by atoms with Gasteiger partial charge in [0.15, 0.2) is 0 Å². The predicted octanol–water partition coefficient (Wildman–Crippen LogP) is 3.78. The summed E-state index contributed by atoms with van der Waals surface area (Å²) in [6.07, 6.45) is -1.20. The van der Waals surface area contributed by atoms with Crippen LogP contribution in [0.15, 0.2) is 54.6 Å². The number of aliphatic hydroxyl groups excluding tert-OH is 2. The first-order valence-corrected chi connectivity index (χ1v) is 11.3. The second-order valence-electron chi connectivity index (χ2n) is 8.79. The van der Waals surface area contributed by atoms with Gasteiger partial charge in [0.1, 0.15) is 28.7 Å². The summed E-state index contributed by atoms with van der Waals surface area (Å²) in [6, 6.07) is 16.1. The van der Waals surface area contributed by atoms with Gasteiger partial charge in [0, 0.05) is 34.9 Å². The van der Waals surface area contributed by atoms with Gasteiger partial charge >= 0.3 is 0 Å². The third-order valence-electron chi connectivity index (χ3n) is 6.78. The first-order chi connectivity index (χ1) is 16.5. The minimum absolute atomic E-state index is 0.193. The Bertz CT molecular complexity index is 1190. The molecule has 5 rings (SSSR count). The van der Waals surface area contributed by atoms with E-state index in [1.54, 1.807) is 56.7 Å². The molecule has 0 aromatic heterocycles. The van der Waals surface area contributed by atoms with E-state index < -0.39 is 12.2 Å². The Balaban J connectivity index is 1.46. The number of rotatable bonds is 5. The van der Waals surface area contributed by atoms with Crippen molar-refractivity contribution in [3.63, 3.8) is 0 Å². The Morgan fingerprint density at radius 2 is 1.53 bits per heavy atom. The lowest BCUT2D eigenvalue weighted by Crippen LogP contribution is -2.40. The maximum atomic E-state index is 11.4. The molecule has 4 unspecified atom stereocenters. The second-order valence-corrected chi connectivity index (χ2v) is 8.79. The fraction of sp³-hybridized carbons (Fsp3) is 0.333. The molecule has 2 aliphatic heterocycles. The zero-order chi connectivity index (χ0) is 23.8. The molecule has 0 saturated heterocycles. The van der Waals surface area contributed by atoms with E-state index in [1.165, 1.54) is 0 Å². The van der Waals surface area contributed by atoms with Crippen LogP contribution in [0.3, 0.4) is 0 Å². The van der Waals surface area contributed by atoms with Crippen molar-refractivity contribution in [1.29, 1.82) is 0 Å². The Morgan fingerprint density at radius 3 is 2.26 bits per heavy atom. The largest absolute Gasteiger partial charge is 0.508 e. The number of phenols is 1. The van der Waals surface area contributed by atoms with Gasteiger partial charge in [-0.15, -0.1) is 0 Å². The lowest BCUT2D eigenvalue weighted by atomic mass is 9.77. The smallest absolute Gasteiger partial charge is 0.128 e. The highest BCUT2D eigenvalue weighted by molar-refractivity contribution is 5.52. The molecule has 2 aliphatic rings. The molecule has 178 valence electrons. The molecule has 0 saturated carbocycles. The maximum absolute atomic E-state index is 11.4. The van der Waals surface area contributed by atoms with E-state index in [9.17, 15) is 15.3 Å². The summed E-state index contributed by atoms with van der Waals surface area (Å²) < 4.78 is 22.9. The highest BCUT2D eigenvalue weighted by Gasteiger charge is 2.43. The van der Waals surface area contributed by atoms with E-state index in [1.807, 2.05) is 12.1 Å². The minimum Gasteiger partial charge on any atom is -0.508 e. The quantitative estimate of drug-likeness (QED) is 0.529. The van der Waals surface area contributed by atoms with Crippen molar-refractivity contribution in [2.24, 2.45) is 11.8 Å². The molecule has 3 aromatic rings. The SMILES string of the molecule is COc1ccc2c(c1)C(O)C(C1COc3c(Cc4cccc(O)c4)cc(OC)cc3C1O)CO2. The number of phenolic OH excluding ortho intramolecular Hbond substituents is 1. The van der Waals surface area contributed by atoms with Crippen LogP contribution in [0.5, 0.6) is 28.7 Å². The average Bonchev–Trinajstić information content (AvgIpc) is 2.85. The van der Waals surface area contributed by atoms with Crippen LogP contribution >= 0.6 is 0 Å². The number of ether oxygens (including phenoxy) is 4. The van der Waals surface area contributed by atoms with Gasteiger partial charge in [-0.3, -0.25) is 0 Å². The fourth-order valence-corrected chi connectivity index (χ4v) is 4.96. The Hall–Kier alpha value is -3.42. The van der Waals surface area contributed by atoms with Gasteiger partial charge in [-0.05, 0) is 48.0 Å². The van der Waals surface area contributed by atoms with Crippen molar-refractivity contribution in [2.75, 3.05) is 27.4 Å². The summed E-state index contributed by atoms with van der Waals surface area (Å²) >= 11 is 0. The number of benzene rings is 3. The van der Waals surface area contributed by atoms with Crippen LogP contribution in [0, 0.1) is 11.8 Å². The normalized spacial score (nSPS) is 23.2. The van der Waals surface area contributed by atoms with Gasteiger partial charge in [-0.1, -0.05) is 12.1 Å². The molecule has 0 aliphatic carbocycles. The zero-order valence-electron chi connectivity index (χ0n) is 19.1. The van der Waals surface area contributed by atoms with E-state index in [0.717, 1.165) is 11.1 Å². The molecule has 0 amide bonds. The van der Waals surface area contributed by atoms with Crippen LogP contribution < -0.4 is 18.9 Å². The average molecular weight is 465 g/mol. The van der Waals surface area contributed by atoms with Crippen LogP contribution in [0.4, 0.5) is 0 Å². The Morgan fingerprint density at radius 1 is 0.824 bits per heavy atom. The Kier molecular flexibility index (Phi) is 5.98. The number of aromatic hydroxyl groups is 1. The number of hydrogen-bond acceptors (Lipinski definition) is 7. The summed E-state index contributed by atoms with van der Waals surface area (Å²) in [4.78, 5) is 0. The van der Waals surface area contributed by atoms with Gasteiger partial charge in [0.25, 0.3) is 0 Å². The molecule has 7 nitrogen and oxygen atoms in total. The highest BCUT2D eigenvalue weighted by Crippen LogP contribution is 2.48. The van der Waals surface area contributed by atoms with E-state index in [0.29, 0.717) is 40.5 Å². The third kappa shape index (κ3) is 4.02. The monoisotopic (exact) mass is 464 g/mol. The zero-order valence-corrected chi connectivity index (χ0v) is 19.1. The number of aliphatic hydroxyl groups is 2. The molecular formula is C27H28O7. The standard InChI is InChI=1S/C27H28O7/c1-31-18-6-7-24-20(11-18)25(29)22(13-33-24)23-14-34-27-16(8-15-4-3-5-17(28)9-15)10-19(32-2)12-21(27)26(23)30/h3-7,9-12,22-23,25-26,28-30H,8,13-14H2,1-2H3. The number of methoxy groups -OCH3 is 2. The van der Waals surface area contributed by atoms with Crippen molar-refractivity contribution >= 4 is 0 Å². The molecule has 3 aromatic carbocycles. The summed E-state index contributed by atoms with van der Waals surface area (Å²) in [7, 11) is 3.16. The van der Waals surface area contributed by atoms with E-state index in [-0.39, 0.29) is 30.8 Å². The van der Waals surface area contributed by atoms with Gasteiger partial charge < -0.3 is 34.3 Å². The predicted molar refractivity (Wildman–Crippen MR) is 125 cm³/mol. The highest BCUT2D eigenvalue weighted by atomic mass is 16.5. The maximum Gasteiger partial charge on any atom is 0.128 e. The molecule has 0 spiro atoms. The molecule has 3 N–H and O–H groups in total.